The maximum absolute atomic E-state index is 14.0. The molecule has 1 aliphatic rings. The van der Waals surface area contributed by atoms with Crippen LogP contribution in [0.5, 0.6) is 0 Å². The molecule has 0 unspecified atom stereocenters. The first-order valence-electron chi connectivity index (χ1n) is 6.94. The highest BCUT2D eigenvalue weighted by Gasteiger charge is 2.17. The summed E-state index contributed by atoms with van der Waals surface area (Å²) in [5.41, 5.74) is 4.32. The molecule has 0 saturated carbocycles. The average Bonchev–Trinajstić information content (AvgIpc) is 2.58. The quantitative estimate of drug-likeness (QED) is 0.926. The van der Waals surface area contributed by atoms with Crippen molar-refractivity contribution in [1.29, 1.82) is 5.26 Å². The number of nitrogens with one attached hydrogen (secondary N) is 1. The van der Waals surface area contributed by atoms with Crippen LogP contribution in [-0.4, -0.2) is 11.6 Å². The molecule has 6 heteroatoms. The summed E-state index contributed by atoms with van der Waals surface area (Å²) in [4.78, 5) is 11.1. The van der Waals surface area contributed by atoms with E-state index >= 15 is 0 Å². The Morgan fingerprint density at radius 1 is 1.04 bits per heavy atom. The van der Waals surface area contributed by atoms with Crippen LogP contribution in [0.2, 0.25) is 0 Å². The number of benzene rings is 2. The molecule has 0 saturated heterocycles. The summed E-state index contributed by atoms with van der Waals surface area (Å²) in [7, 11) is 0. The Morgan fingerprint density at radius 3 is 2.35 bits per heavy atom. The van der Waals surface area contributed by atoms with Crippen molar-refractivity contribution in [2.75, 3.05) is 0 Å². The van der Waals surface area contributed by atoms with Crippen LogP contribution in [0.25, 0.3) is 11.1 Å². The SMILES string of the molecule is N#Cc1ccc(F)c(F)c1-c1ccc(C2=NNC(=O)CC2)cc1. The van der Waals surface area contributed by atoms with Crippen molar-refractivity contribution in [3.8, 4) is 17.2 Å². The van der Waals surface area contributed by atoms with Gasteiger partial charge in [0.25, 0.3) is 0 Å². The monoisotopic (exact) mass is 311 g/mol. The highest BCUT2D eigenvalue weighted by atomic mass is 19.2. The second-order valence-electron chi connectivity index (χ2n) is 5.07. The normalized spacial score (nSPS) is 14.0. The lowest BCUT2D eigenvalue weighted by Crippen LogP contribution is -2.25. The fourth-order valence-corrected chi connectivity index (χ4v) is 2.44. The average molecular weight is 311 g/mol. The smallest absolute Gasteiger partial charge is 0.240 e. The zero-order valence-electron chi connectivity index (χ0n) is 11.9. The summed E-state index contributed by atoms with van der Waals surface area (Å²) in [6.45, 7) is 0. The summed E-state index contributed by atoms with van der Waals surface area (Å²) < 4.78 is 27.5. The fourth-order valence-electron chi connectivity index (χ4n) is 2.44. The second kappa shape index (κ2) is 5.97. The van der Waals surface area contributed by atoms with Crippen molar-refractivity contribution in [3.05, 3.63) is 59.2 Å². The summed E-state index contributed by atoms with van der Waals surface area (Å²) in [5, 5.41) is 13.1. The number of carbonyl (C=O) groups excluding carboxylic acids is 1. The van der Waals surface area contributed by atoms with E-state index in [9.17, 15) is 13.6 Å². The first kappa shape index (κ1) is 14.9. The molecule has 1 aliphatic heterocycles. The molecular formula is C17H11F2N3O. The number of nitriles is 1. The maximum Gasteiger partial charge on any atom is 0.240 e. The summed E-state index contributed by atoms with van der Waals surface area (Å²) in [5.74, 6) is -2.17. The van der Waals surface area contributed by atoms with E-state index in [4.69, 9.17) is 5.26 Å². The van der Waals surface area contributed by atoms with Gasteiger partial charge in [-0.15, -0.1) is 0 Å². The van der Waals surface area contributed by atoms with Crippen molar-refractivity contribution in [1.82, 2.24) is 5.43 Å². The van der Waals surface area contributed by atoms with Gasteiger partial charge in [-0.3, -0.25) is 4.79 Å². The minimum Gasteiger partial charge on any atom is -0.273 e. The number of nitrogens with zero attached hydrogens (tertiary/aromatic N) is 2. The van der Waals surface area contributed by atoms with Crippen molar-refractivity contribution in [2.45, 2.75) is 12.8 Å². The Labute approximate surface area is 131 Å². The number of hydrogen-bond acceptors (Lipinski definition) is 3. The van der Waals surface area contributed by atoms with E-state index in [1.807, 2.05) is 6.07 Å². The summed E-state index contributed by atoms with van der Waals surface area (Å²) >= 11 is 0. The Balaban J connectivity index is 2.00. The molecule has 4 nitrogen and oxygen atoms in total. The van der Waals surface area contributed by atoms with Crippen LogP contribution in [0.1, 0.15) is 24.0 Å². The molecule has 0 atom stereocenters. The van der Waals surface area contributed by atoms with Gasteiger partial charge in [0, 0.05) is 18.4 Å². The third kappa shape index (κ3) is 2.81. The van der Waals surface area contributed by atoms with Gasteiger partial charge in [-0.2, -0.15) is 10.4 Å². The minimum atomic E-state index is -1.04. The van der Waals surface area contributed by atoms with Gasteiger partial charge < -0.3 is 0 Å². The van der Waals surface area contributed by atoms with E-state index in [-0.39, 0.29) is 17.0 Å². The van der Waals surface area contributed by atoms with E-state index in [2.05, 4.69) is 10.5 Å². The maximum atomic E-state index is 14.0. The zero-order valence-corrected chi connectivity index (χ0v) is 11.9. The van der Waals surface area contributed by atoms with Gasteiger partial charge >= 0.3 is 0 Å². The summed E-state index contributed by atoms with van der Waals surface area (Å²) in [6, 6.07) is 10.7. The third-order valence-corrected chi connectivity index (χ3v) is 3.63. The molecule has 23 heavy (non-hydrogen) atoms. The molecule has 0 spiro atoms. The molecule has 1 N–H and O–H groups in total. The molecule has 0 bridgehead atoms. The minimum absolute atomic E-state index is 0.0575. The van der Waals surface area contributed by atoms with Crippen molar-refractivity contribution < 1.29 is 13.6 Å². The molecule has 2 aromatic rings. The topological polar surface area (TPSA) is 65.2 Å². The Morgan fingerprint density at radius 2 is 1.74 bits per heavy atom. The van der Waals surface area contributed by atoms with Gasteiger partial charge in [0.2, 0.25) is 5.91 Å². The predicted molar refractivity (Wildman–Crippen MR) is 80.4 cm³/mol. The summed E-state index contributed by atoms with van der Waals surface area (Å²) in [6.07, 6.45) is 0.876. The number of carbonyl (C=O) groups is 1. The predicted octanol–water partition coefficient (Wildman–Crippen LogP) is 3.12. The number of hydrogen-bond donors (Lipinski definition) is 1. The molecule has 0 radical (unpaired) electrons. The van der Waals surface area contributed by atoms with Crippen LogP contribution in [0.15, 0.2) is 41.5 Å². The first-order valence-corrected chi connectivity index (χ1v) is 6.94. The highest BCUT2D eigenvalue weighted by Crippen LogP contribution is 2.29. The van der Waals surface area contributed by atoms with Crippen molar-refractivity contribution in [3.63, 3.8) is 0 Å². The standard InChI is InChI=1S/C17H11F2N3O/c18-13-6-5-12(9-20)16(17(13)19)11-3-1-10(2-4-11)14-7-8-15(23)22-21-14/h1-6H,7-8H2,(H,22,23). The molecule has 0 fully saturated rings. The Bertz CT molecular complexity index is 851. The molecule has 3 rings (SSSR count). The molecule has 1 amide bonds. The lowest BCUT2D eigenvalue weighted by molar-refractivity contribution is -0.121. The molecule has 0 aliphatic carbocycles. The van der Waals surface area contributed by atoms with Crippen molar-refractivity contribution in [2.24, 2.45) is 5.10 Å². The van der Waals surface area contributed by atoms with E-state index in [1.165, 1.54) is 6.07 Å². The van der Waals surface area contributed by atoms with E-state index in [0.29, 0.717) is 18.4 Å². The van der Waals surface area contributed by atoms with Gasteiger partial charge in [-0.1, -0.05) is 24.3 Å². The number of hydrazone groups is 1. The van der Waals surface area contributed by atoms with Crippen LogP contribution in [0.4, 0.5) is 8.78 Å². The van der Waals surface area contributed by atoms with Crippen LogP contribution in [-0.2, 0) is 4.79 Å². The Kier molecular flexibility index (Phi) is 3.85. The molecular weight excluding hydrogens is 300 g/mol. The fraction of sp³-hybridized carbons (Fsp3) is 0.118. The van der Waals surface area contributed by atoms with E-state index < -0.39 is 11.6 Å². The van der Waals surface area contributed by atoms with Crippen LogP contribution >= 0.6 is 0 Å². The third-order valence-electron chi connectivity index (χ3n) is 3.63. The van der Waals surface area contributed by atoms with Gasteiger partial charge in [-0.05, 0) is 23.3 Å². The van der Waals surface area contributed by atoms with Crippen LogP contribution in [0.3, 0.4) is 0 Å². The van der Waals surface area contributed by atoms with E-state index in [1.54, 1.807) is 24.3 Å². The largest absolute Gasteiger partial charge is 0.273 e. The van der Waals surface area contributed by atoms with E-state index in [0.717, 1.165) is 17.3 Å². The lowest BCUT2D eigenvalue weighted by atomic mass is 9.96. The number of amides is 1. The van der Waals surface area contributed by atoms with Gasteiger partial charge in [0.15, 0.2) is 11.6 Å². The molecule has 0 aromatic heterocycles. The van der Waals surface area contributed by atoms with Gasteiger partial charge in [-0.25, -0.2) is 14.2 Å². The van der Waals surface area contributed by atoms with Crippen molar-refractivity contribution >= 4 is 11.6 Å². The number of rotatable bonds is 2. The zero-order chi connectivity index (χ0) is 16.4. The lowest BCUT2D eigenvalue weighted by Gasteiger charge is -2.13. The first-order chi connectivity index (χ1) is 11.1. The molecule has 114 valence electrons. The molecule has 2 aromatic carbocycles. The van der Waals surface area contributed by atoms with Gasteiger partial charge in [0.1, 0.15) is 0 Å². The molecule has 1 heterocycles. The number of halogens is 2. The van der Waals surface area contributed by atoms with Gasteiger partial charge in [0.05, 0.1) is 17.3 Å². The Hall–Kier alpha value is -3.07. The van der Waals surface area contributed by atoms with Crippen LogP contribution in [0, 0.1) is 23.0 Å². The highest BCUT2D eigenvalue weighted by molar-refractivity contribution is 6.04. The second-order valence-corrected chi connectivity index (χ2v) is 5.07. The van der Waals surface area contributed by atoms with Crippen LogP contribution < -0.4 is 5.43 Å².